The lowest BCUT2D eigenvalue weighted by atomic mass is 10.1. The molecule has 0 spiro atoms. The highest BCUT2D eigenvalue weighted by Gasteiger charge is 2.21. The zero-order chi connectivity index (χ0) is 20.7. The molecule has 0 aliphatic carbocycles. The van der Waals surface area contributed by atoms with Gasteiger partial charge < -0.3 is 14.8 Å². The highest BCUT2D eigenvalue weighted by molar-refractivity contribution is 7.16. The third-order valence-electron chi connectivity index (χ3n) is 3.50. The summed E-state index contributed by atoms with van der Waals surface area (Å²) in [4.78, 5) is 25.1. The van der Waals surface area contributed by atoms with Crippen molar-refractivity contribution in [3.05, 3.63) is 64.2 Å². The Morgan fingerprint density at radius 2 is 1.93 bits per heavy atom. The van der Waals surface area contributed by atoms with Crippen LogP contribution < -0.4 is 5.32 Å². The number of nitrogens with one attached hydrogen (secondary N) is 1. The van der Waals surface area contributed by atoms with Crippen LogP contribution in [0, 0.1) is 11.3 Å². The molecule has 2 aromatic rings. The molecule has 146 valence electrons. The number of esters is 2. The number of hydrogen-bond acceptors (Lipinski definition) is 7. The fraction of sp³-hybridized carbons (Fsp3) is 0.286. The lowest BCUT2D eigenvalue weighted by molar-refractivity contribution is -0.149. The minimum Gasteiger partial charge on any atom is -0.465 e. The summed E-state index contributed by atoms with van der Waals surface area (Å²) in [6.07, 6.45) is 1.90. The maximum atomic E-state index is 12.1. The number of methoxy groups -OCH3 is 1. The Kier molecular flexibility index (Phi) is 6.96. The van der Waals surface area contributed by atoms with Gasteiger partial charge in [-0.05, 0) is 32.4 Å². The second-order valence-corrected chi connectivity index (χ2v) is 8.06. The van der Waals surface area contributed by atoms with Crippen LogP contribution in [0.1, 0.15) is 41.6 Å². The predicted molar refractivity (Wildman–Crippen MR) is 108 cm³/mol. The normalized spacial score (nSPS) is 11.5. The van der Waals surface area contributed by atoms with Crippen molar-refractivity contribution in [2.75, 3.05) is 12.4 Å². The molecule has 0 unspecified atom stereocenters. The number of carbonyl (C=O) groups excluding carboxylic acids is 2. The quantitative estimate of drug-likeness (QED) is 0.444. The molecule has 7 heteroatoms. The molecule has 6 nitrogen and oxygen atoms in total. The summed E-state index contributed by atoms with van der Waals surface area (Å²) in [6, 6.07) is 13.4. The first-order valence-electron chi connectivity index (χ1n) is 8.58. The fourth-order valence-electron chi connectivity index (χ4n) is 2.30. The standard InChI is InChI=1S/C21H22N2O4S/c1-21(2,3)27-19(24)15(12-22)13-23-18-17(20(25)26-4)11-16(28-18)10-14-8-6-5-7-9-14/h5-9,11,13,23H,10H2,1-4H3/b15-13+. The van der Waals surface area contributed by atoms with Crippen molar-refractivity contribution in [1.82, 2.24) is 0 Å². The zero-order valence-electron chi connectivity index (χ0n) is 16.2. The van der Waals surface area contributed by atoms with Crippen LogP contribution in [0.2, 0.25) is 0 Å². The molecule has 28 heavy (non-hydrogen) atoms. The van der Waals surface area contributed by atoms with Crippen molar-refractivity contribution < 1.29 is 19.1 Å². The molecule has 0 aliphatic rings. The van der Waals surface area contributed by atoms with Gasteiger partial charge in [-0.25, -0.2) is 9.59 Å². The number of rotatable bonds is 6. The SMILES string of the molecule is COC(=O)c1cc(Cc2ccccc2)sc1N/C=C(\C#N)C(=O)OC(C)(C)C. The van der Waals surface area contributed by atoms with Gasteiger partial charge in [0.25, 0.3) is 0 Å². The van der Waals surface area contributed by atoms with E-state index in [1.165, 1.54) is 24.6 Å². The topological polar surface area (TPSA) is 88.4 Å². The second-order valence-electron chi connectivity index (χ2n) is 6.93. The number of carbonyl (C=O) groups is 2. The summed E-state index contributed by atoms with van der Waals surface area (Å²) < 4.78 is 10.0. The van der Waals surface area contributed by atoms with Crippen LogP contribution >= 0.6 is 11.3 Å². The molecule has 0 fully saturated rings. The van der Waals surface area contributed by atoms with E-state index in [2.05, 4.69) is 5.32 Å². The summed E-state index contributed by atoms with van der Waals surface area (Å²) in [5.74, 6) is -1.23. The number of nitriles is 1. The zero-order valence-corrected chi connectivity index (χ0v) is 17.1. The van der Waals surface area contributed by atoms with E-state index >= 15 is 0 Å². The summed E-state index contributed by atoms with van der Waals surface area (Å²) >= 11 is 1.36. The summed E-state index contributed by atoms with van der Waals surface area (Å²) in [5, 5.41) is 12.6. The third kappa shape index (κ3) is 5.96. The van der Waals surface area contributed by atoms with Crippen molar-refractivity contribution in [3.8, 4) is 6.07 Å². The highest BCUT2D eigenvalue weighted by Crippen LogP contribution is 2.31. The van der Waals surface area contributed by atoms with E-state index in [9.17, 15) is 14.9 Å². The minimum atomic E-state index is -0.733. The summed E-state index contributed by atoms with van der Waals surface area (Å²) in [6.45, 7) is 5.16. The number of nitrogens with zero attached hydrogens (tertiary/aromatic N) is 1. The molecule has 0 bridgehead atoms. The van der Waals surface area contributed by atoms with E-state index in [-0.39, 0.29) is 5.57 Å². The van der Waals surface area contributed by atoms with Gasteiger partial charge in [0, 0.05) is 17.5 Å². The Hall–Kier alpha value is -3.11. The molecule has 0 saturated carbocycles. The van der Waals surface area contributed by atoms with E-state index in [0.717, 1.165) is 10.4 Å². The fourth-order valence-corrected chi connectivity index (χ4v) is 3.35. The van der Waals surface area contributed by atoms with Crippen molar-refractivity contribution in [2.24, 2.45) is 0 Å². The molecule has 0 radical (unpaired) electrons. The van der Waals surface area contributed by atoms with Crippen LogP contribution in [0.25, 0.3) is 0 Å². The molecule has 1 aromatic carbocycles. The Bertz CT molecular complexity index is 918. The third-order valence-corrected chi connectivity index (χ3v) is 4.56. The summed E-state index contributed by atoms with van der Waals surface area (Å²) in [7, 11) is 1.30. The van der Waals surface area contributed by atoms with Crippen LogP contribution in [0.3, 0.4) is 0 Å². The molecule has 0 aliphatic heterocycles. The first-order chi connectivity index (χ1) is 13.2. The Morgan fingerprint density at radius 1 is 1.25 bits per heavy atom. The first kappa shape index (κ1) is 21.2. The smallest absolute Gasteiger partial charge is 0.350 e. The molecule has 1 N–H and O–H groups in total. The Morgan fingerprint density at radius 3 is 2.50 bits per heavy atom. The molecule has 0 saturated heterocycles. The highest BCUT2D eigenvalue weighted by atomic mass is 32.1. The number of anilines is 1. The van der Waals surface area contributed by atoms with E-state index in [1.807, 2.05) is 36.4 Å². The van der Waals surface area contributed by atoms with E-state index in [4.69, 9.17) is 9.47 Å². The van der Waals surface area contributed by atoms with Gasteiger partial charge in [-0.1, -0.05) is 30.3 Å². The lowest BCUT2D eigenvalue weighted by Gasteiger charge is -2.18. The molecule has 1 heterocycles. The summed E-state index contributed by atoms with van der Waals surface area (Å²) in [5.41, 5.74) is 0.546. The van der Waals surface area contributed by atoms with Gasteiger partial charge in [0.15, 0.2) is 5.57 Å². The maximum Gasteiger partial charge on any atom is 0.350 e. The van der Waals surface area contributed by atoms with Gasteiger partial charge >= 0.3 is 11.9 Å². The van der Waals surface area contributed by atoms with Crippen LogP contribution in [-0.2, 0) is 20.7 Å². The van der Waals surface area contributed by atoms with E-state index in [1.54, 1.807) is 26.8 Å². The minimum absolute atomic E-state index is 0.191. The molecule has 0 amide bonds. The average molecular weight is 398 g/mol. The lowest BCUT2D eigenvalue weighted by Crippen LogP contribution is -2.24. The first-order valence-corrected chi connectivity index (χ1v) is 9.40. The van der Waals surface area contributed by atoms with E-state index < -0.39 is 17.5 Å². The van der Waals surface area contributed by atoms with Gasteiger partial charge in [0.1, 0.15) is 16.7 Å². The molecule has 2 rings (SSSR count). The average Bonchev–Trinajstić information content (AvgIpc) is 3.03. The molecule has 0 atom stereocenters. The van der Waals surface area contributed by atoms with Gasteiger partial charge in [0.05, 0.1) is 12.7 Å². The Labute approximate surface area is 168 Å². The van der Waals surface area contributed by atoms with Crippen LogP contribution in [-0.4, -0.2) is 24.6 Å². The van der Waals surface area contributed by atoms with Gasteiger partial charge in [-0.3, -0.25) is 0 Å². The number of ether oxygens (including phenoxy) is 2. The maximum absolute atomic E-state index is 12.1. The monoisotopic (exact) mass is 398 g/mol. The molecular weight excluding hydrogens is 376 g/mol. The number of benzene rings is 1. The van der Waals surface area contributed by atoms with Crippen molar-refractivity contribution in [2.45, 2.75) is 32.8 Å². The Balaban J connectivity index is 2.26. The molecular formula is C21H22N2O4S. The van der Waals surface area contributed by atoms with Crippen molar-refractivity contribution >= 4 is 28.3 Å². The molecule has 1 aromatic heterocycles. The van der Waals surface area contributed by atoms with Crippen molar-refractivity contribution in [3.63, 3.8) is 0 Å². The van der Waals surface area contributed by atoms with Crippen LogP contribution in [0.5, 0.6) is 0 Å². The largest absolute Gasteiger partial charge is 0.465 e. The van der Waals surface area contributed by atoms with Gasteiger partial charge in [0.2, 0.25) is 0 Å². The van der Waals surface area contributed by atoms with Crippen LogP contribution in [0.4, 0.5) is 5.00 Å². The van der Waals surface area contributed by atoms with Gasteiger partial charge in [-0.2, -0.15) is 5.26 Å². The predicted octanol–water partition coefficient (Wildman–Crippen LogP) is 4.29. The van der Waals surface area contributed by atoms with E-state index in [0.29, 0.717) is 17.0 Å². The number of thiophene rings is 1. The number of hydrogen-bond donors (Lipinski definition) is 1. The van der Waals surface area contributed by atoms with Crippen molar-refractivity contribution in [1.29, 1.82) is 5.26 Å². The van der Waals surface area contributed by atoms with Crippen LogP contribution in [0.15, 0.2) is 48.2 Å². The second kappa shape index (κ2) is 9.20. The van der Waals surface area contributed by atoms with Gasteiger partial charge in [-0.15, -0.1) is 11.3 Å².